The molecule has 0 aromatic rings. The zero-order valence-electron chi connectivity index (χ0n) is 8.41. The number of fused-ring (bicyclic) bond motifs is 1. The lowest BCUT2D eigenvalue weighted by molar-refractivity contribution is 0.331. The summed E-state index contributed by atoms with van der Waals surface area (Å²) in [5.74, 6) is 1.87. The largest absolute Gasteiger partial charge is 0.0885 e. The molecule has 0 amide bonds. The van der Waals surface area contributed by atoms with Crippen LogP contribution in [0.15, 0.2) is 24.3 Å². The standard InChI is InChI=1S/C12H18.CH2/c1-2-4-8-12-10-6-5-9-11(12)7-3-1;/h1,3,6,10-12H,2,4-5,7-9H2;1H2. The van der Waals surface area contributed by atoms with Crippen LogP contribution < -0.4 is 0 Å². The minimum atomic E-state index is 0. The third-order valence-corrected chi connectivity index (χ3v) is 3.21. The van der Waals surface area contributed by atoms with E-state index in [1.54, 1.807) is 0 Å². The fourth-order valence-electron chi connectivity index (χ4n) is 2.44. The van der Waals surface area contributed by atoms with Gasteiger partial charge in [-0.2, -0.15) is 0 Å². The molecule has 0 saturated heterocycles. The van der Waals surface area contributed by atoms with Crippen LogP contribution in [-0.2, 0) is 0 Å². The zero-order chi connectivity index (χ0) is 8.23. The fraction of sp³-hybridized carbons (Fsp3) is 0.615. The Balaban J connectivity index is 0.000000845. The van der Waals surface area contributed by atoms with E-state index in [1.165, 1.54) is 38.5 Å². The van der Waals surface area contributed by atoms with Gasteiger partial charge in [0.25, 0.3) is 0 Å². The van der Waals surface area contributed by atoms with E-state index >= 15 is 0 Å². The molecule has 0 aromatic heterocycles. The van der Waals surface area contributed by atoms with Gasteiger partial charge in [-0.25, -0.2) is 0 Å². The molecule has 0 aromatic carbocycles. The Kier molecular flexibility index (Phi) is 4.27. The minimum Gasteiger partial charge on any atom is -0.0885 e. The van der Waals surface area contributed by atoms with Crippen LogP contribution >= 0.6 is 0 Å². The molecule has 2 aliphatic carbocycles. The maximum atomic E-state index is 2.47. The molecule has 2 atom stereocenters. The molecule has 0 aliphatic heterocycles. The van der Waals surface area contributed by atoms with Crippen molar-refractivity contribution in [2.75, 3.05) is 0 Å². The number of hydrogen-bond donors (Lipinski definition) is 0. The highest BCUT2D eigenvalue weighted by atomic mass is 14.3. The first kappa shape index (κ1) is 10.6. The van der Waals surface area contributed by atoms with E-state index in [-0.39, 0.29) is 7.43 Å². The van der Waals surface area contributed by atoms with Gasteiger partial charge in [-0.1, -0.05) is 31.7 Å². The Morgan fingerprint density at radius 2 is 1.85 bits per heavy atom. The van der Waals surface area contributed by atoms with Crippen molar-refractivity contribution in [1.29, 1.82) is 0 Å². The Hall–Kier alpha value is -0.520. The highest BCUT2D eigenvalue weighted by molar-refractivity contribution is 5.00. The van der Waals surface area contributed by atoms with Crippen molar-refractivity contribution < 1.29 is 0 Å². The first-order valence-corrected chi connectivity index (χ1v) is 5.28. The van der Waals surface area contributed by atoms with E-state index in [0.29, 0.717) is 0 Å². The highest BCUT2D eigenvalue weighted by Gasteiger charge is 2.20. The maximum Gasteiger partial charge on any atom is -0.0202 e. The van der Waals surface area contributed by atoms with Gasteiger partial charge >= 0.3 is 0 Å². The van der Waals surface area contributed by atoms with Crippen molar-refractivity contribution in [1.82, 2.24) is 0 Å². The number of rotatable bonds is 0. The summed E-state index contributed by atoms with van der Waals surface area (Å²) in [6.07, 6.45) is 17.8. The van der Waals surface area contributed by atoms with Crippen molar-refractivity contribution in [2.45, 2.75) is 38.5 Å². The molecule has 0 bridgehead atoms. The third kappa shape index (κ3) is 2.72. The lowest BCUT2D eigenvalue weighted by Gasteiger charge is -2.27. The minimum absolute atomic E-state index is 0. The van der Waals surface area contributed by atoms with Gasteiger partial charge in [0.2, 0.25) is 0 Å². The van der Waals surface area contributed by atoms with Gasteiger partial charge in [0, 0.05) is 0 Å². The molecule has 2 aliphatic rings. The molecule has 72 valence electrons. The van der Waals surface area contributed by atoms with E-state index in [9.17, 15) is 0 Å². The lowest BCUT2D eigenvalue weighted by atomic mass is 9.78. The Morgan fingerprint density at radius 1 is 0.923 bits per heavy atom. The SMILES string of the molecule is C1=CCC2CCC=CC2CCC1.[CH2]. The van der Waals surface area contributed by atoms with Gasteiger partial charge in [0.05, 0.1) is 0 Å². The second-order valence-electron chi connectivity index (χ2n) is 4.07. The lowest BCUT2D eigenvalue weighted by Crippen LogP contribution is -2.16. The summed E-state index contributed by atoms with van der Waals surface area (Å²) in [6, 6.07) is 0. The van der Waals surface area contributed by atoms with Crippen LogP contribution in [0.4, 0.5) is 0 Å². The highest BCUT2D eigenvalue weighted by Crippen LogP contribution is 2.32. The van der Waals surface area contributed by atoms with Crippen molar-refractivity contribution in [3.63, 3.8) is 0 Å². The Morgan fingerprint density at radius 3 is 2.77 bits per heavy atom. The topological polar surface area (TPSA) is 0 Å². The molecule has 0 spiro atoms. The summed E-state index contributed by atoms with van der Waals surface area (Å²) < 4.78 is 0. The summed E-state index contributed by atoms with van der Waals surface area (Å²) in [7, 11) is 0. The van der Waals surface area contributed by atoms with Crippen LogP contribution in [0.2, 0.25) is 0 Å². The van der Waals surface area contributed by atoms with Gasteiger partial charge in [-0.3, -0.25) is 0 Å². The second kappa shape index (κ2) is 5.26. The molecular formula is C13H20. The monoisotopic (exact) mass is 176 g/mol. The van der Waals surface area contributed by atoms with Crippen molar-refractivity contribution >= 4 is 0 Å². The molecule has 0 heterocycles. The third-order valence-electron chi connectivity index (χ3n) is 3.21. The molecule has 0 nitrogen and oxygen atoms in total. The molecule has 0 saturated carbocycles. The van der Waals surface area contributed by atoms with Gasteiger partial charge < -0.3 is 0 Å². The molecule has 0 fully saturated rings. The Bertz CT molecular complexity index is 188. The van der Waals surface area contributed by atoms with Crippen LogP contribution in [-0.4, -0.2) is 0 Å². The average molecular weight is 176 g/mol. The average Bonchev–Trinajstić information content (AvgIpc) is 2.06. The van der Waals surface area contributed by atoms with Crippen molar-refractivity contribution in [2.24, 2.45) is 11.8 Å². The molecular weight excluding hydrogens is 156 g/mol. The molecule has 2 unspecified atom stereocenters. The van der Waals surface area contributed by atoms with Crippen LogP contribution in [0.3, 0.4) is 0 Å². The Labute approximate surface area is 82.7 Å². The normalized spacial score (nSPS) is 32.6. The van der Waals surface area contributed by atoms with Gasteiger partial charge in [0.1, 0.15) is 0 Å². The fourth-order valence-corrected chi connectivity index (χ4v) is 2.44. The predicted molar refractivity (Wildman–Crippen MR) is 58.3 cm³/mol. The quantitative estimate of drug-likeness (QED) is 0.489. The van der Waals surface area contributed by atoms with Gasteiger partial charge in [-0.05, 0) is 50.4 Å². The van der Waals surface area contributed by atoms with Crippen LogP contribution in [0, 0.1) is 19.3 Å². The van der Waals surface area contributed by atoms with E-state index in [2.05, 4.69) is 24.3 Å². The smallest absolute Gasteiger partial charge is 0.0202 e. The van der Waals surface area contributed by atoms with Gasteiger partial charge in [-0.15, -0.1) is 0 Å². The molecule has 13 heavy (non-hydrogen) atoms. The van der Waals surface area contributed by atoms with E-state index < -0.39 is 0 Å². The molecule has 2 rings (SSSR count). The van der Waals surface area contributed by atoms with Crippen molar-refractivity contribution in [3.8, 4) is 0 Å². The summed E-state index contributed by atoms with van der Waals surface area (Å²) in [6.45, 7) is 0. The summed E-state index contributed by atoms with van der Waals surface area (Å²) in [5, 5.41) is 0. The summed E-state index contributed by atoms with van der Waals surface area (Å²) >= 11 is 0. The van der Waals surface area contributed by atoms with E-state index in [0.717, 1.165) is 11.8 Å². The zero-order valence-corrected chi connectivity index (χ0v) is 8.41. The van der Waals surface area contributed by atoms with Crippen LogP contribution in [0.5, 0.6) is 0 Å². The molecule has 2 radical (unpaired) electrons. The van der Waals surface area contributed by atoms with Crippen molar-refractivity contribution in [3.05, 3.63) is 31.7 Å². The van der Waals surface area contributed by atoms with E-state index in [4.69, 9.17) is 0 Å². The summed E-state index contributed by atoms with van der Waals surface area (Å²) in [5.41, 5.74) is 0. The first-order valence-electron chi connectivity index (χ1n) is 5.28. The number of allylic oxidation sites excluding steroid dienone is 4. The van der Waals surface area contributed by atoms with E-state index in [1.807, 2.05) is 0 Å². The van der Waals surface area contributed by atoms with Crippen LogP contribution in [0.25, 0.3) is 0 Å². The number of hydrogen-bond acceptors (Lipinski definition) is 0. The second-order valence-corrected chi connectivity index (χ2v) is 4.07. The summed E-state index contributed by atoms with van der Waals surface area (Å²) in [4.78, 5) is 0. The maximum absolute atomic E-state index is 2.47. The van der Waals surface area contributed by atoms with Gasteiger partial charge in [0.15, 0.2) is 0 Å². The molecule has 0 heteroatoms. The first-order chi connectivity index (χ1) is 5.97. The van der Waals surface area contributed by atoms with Crippen LogP contribution in [0.1, 0.15) is 38.5 Å². The predicted octanol–water partition coefficient (Wildman–Crippen LogP) is 4.03. The molecule has 0 N–H and O–H groups in total.